The Kier molecular flexibility index (Phi) is 4.96. The lowest BCUT2D eigenvalue weighted by Crippen LogP contribution is -2.21. The summed E-state index contributed by atoms with van der Waals surface area (Å²) >= 11 is 9.60. The average Bonchev–Trinajstić information content (AvgIpc) is 3.25. The number of hydrogen-bond acceptors (Lipinski definition) is 3. The Morgan fingerprint density at radius 1 is 1.07 bits per heavy atom. The van der Waals surface area contributed by atoms with E-state index >= 15 is 0 Å². The molecule has 1 aliphatic rings. The van der Waals surface area contributed by atoms with Crippen molar-refractivity contribution in [1.82, 2.24) is 0 Å². The van der Waals surface area contributed by atoms with E-state index in [1.807, 2.05) is 68.4 Å². The molecule has 3 aromatic rings. The lowest BCUT2D eigenvalue weighted by molar-refractivity contribution is -0.114. The first-order chi connectivity index (χ1) is 13.4. The van der Waals surface area contributed by atoms with Gasteiger partial charge < -0.3 is 4.42 Å². The fourth-order valence-electron chi connectivity index (χ4n) is 3.03. The molecule has 0 radical (unpaired) electrons. The SMILES string of the molecule is CC1=NN(c2ccc(Br)cc2)C(=O)C1=Cc1ccc(-c2cccc(Cl)c2C)o1. The maximum atomic E-state index is 12.9. The lowest BCUT2D eigenvalue weighted by Gasteiger charge is -2.11. The van der Waals surface area contributed by atoms with Crippen LogP contribution >= 0.6 is 27.5 Å². The minimum atomic E-state index is -0.184. The third-order valence-electron chi connectivity index (χ3n) is 4.58. The van der Waals surface area contributed by atoms with Gasteiger partial charge in [0.05, 0.1) is 17.0 Å². The van der Waals surface area contributed by atoms with Crippen LogP contribution in [0.4, 0.5) is 5.69 Å². The number of hydrazone groups is 1. The number of anilines is 1. The molecule has 0 unspecified atom stereocenters. The lowest BCUT2D eigenvalue weighted by atomic mass is 10.1. The highest BCUT2D eigenvalue weighted by Gasteiger charge is 2.29. The van der Waals surface area contributed by atoms with Crippen LogP contribution in [0.15, 0.2) is 74.2 Å². The van der Waals surface area contributed by atoms with Crippen LogP contribution in [0.2, 0.25) is 5.02 Å². The van der Waals surface area contributed by atoms with Gasteiger partial charge in [0, 0.05) is 15.1 Å². The summed E-state index contributed by atoms with van der Waals surface area (Å²) in [6.07, 6.45) is 1.73. The molecule has 1 aromatic heterocycles. The number of carbonyl (C=O) groups is 1. The van der Waals surface area contributed by atoms with Gasteiger partial charge in [0.2, 0.25) is 0 Å². The van der Waals surface area contributed by atoms with Gasteiger partial charge in [-0.3, -0.25) is 4.79 Å². The summed E-state index contributed by atoms with van der Waals surface area (Å²) in [6, 6.07) is 16.8. The maximum Gasteiger partial charge on any atom is 0.280 e. The fraction of sp³-hybridized carbons (Fsp3) is 0.0909. The number of hydrogen-bond donors (Lipinski definition) is 0. The van der Waals surface area contributed by atoms with Gasteiger partial charge in [0.25, 0.3) is 5.91 Å². The van der Waals surface area contributed by atoms with Gasteiger partial charge in [-0.25, -0.2) is 0 Å². The van der Waals surface area contributed by atoms with Crippen LogP contribution in [0.1, 0.15) is 18.2 Å². The summed E-state index contributed by atoms with van der Waals surface area (Å²) in [5, 5.41) is 6.48. The summed E-state index contributed by atoms with van der Waals surface area (Å²) in [5.74, 6) is 1.11. The van der Waals surface area contributed by atoms with Crippen molar-refractivity contribution in [3.63, 3.8) is 0 Å². The van der Waals surface area contributed by atoms with Crippen molar-refractivity contribution in [1.29, 1.82) is 0 Å². The molecule has 0 spiro atoms. The van der Waals surface area contributed by atoms with Crippen LogP contribution in [0.5, 0.6) is 0 Å². The molecule has 28 heavy (non-hydrogen) atoms. The molecule has 6 heteroatoms. The zero-order valence-corrected chi connectivity index (χ0v) is 17.6. The molecule has 2 heterocycles. The first kappa shape index (κ1) is 18.7. The number of rotatable bonds is 3. The van der Waals surface area contributed by atoms with Gasteiger partial charge in [0.15, 0.2) is 0 Å². The van der Waals surface area contributed by atoms with E-state index in [-0.39, 0.29) is 5.91 Å². The topological polar surface area (TPSA) is 45.8 Å². The molecule has 4 nitrogen and oxygen atoms in total. The van der Waals surface area contributed by atoms with Crippen LogP contribution in [0, 0.1) is 6.92 Å². The molecule has 0 N–H and O–H groups in total. The van der Waals surface area contributed by atoms with Crippen molar-refractivity contribution in [2.24, 2.45) is 5.10 Å². The van der Waals surface area contributed by atoms with E-state index in [0.717, 1.165) is 15.6 Å². The molecule has 0 aliphatic carbocycles. The third kappa shape index (κ3) is 3.43. The Morgan fingerprint density at radius 2 is 1.82 bits per heavy atom. The van der Waals surface area contributed by atoms with Gasteiger partial charge in [0.1, 0.15) is 11.5 Å². The molecular weight excluding hydrogens is 440 g/mol. The third-order valence-corrected chi connectivity index (χ3v) is 5.52. The minimum Gasteiger partial charge on any atom is -0.457 e. The molecule has 4 rings (SSSR count). The summed E-state index contributed by atoms with van der Waals surface area (Å²) in [6.45, 7) is 3.76. The number of carbonyl (C=O) groups excluding carboxylic acids is 1. The molecule has 1 aliphatic heterocycles. The normalized spacial score (nSPS) is 15.4. The quantitative estimate of drug-likeness (QED) is 0.424. The van der Waals surface area contributed by atoms with Crippen LogP contribution in [0.25, 0.3) is 17.4 Å². The Morgan fingerprint density at radius 3 is 2.57 bits per heavy atom. The van der Waals surface area contributed by atoms with E-state index in [9.17, 15) is 4.79 Å². The average molecular weight is 456 g/mol. The summed E-state index contributed by atoms with van der Waals surface area (Å²) in [5.41, 5.74) is 3.74. The van der Waals surface area contributed by atoms with Crippen molar-refractivity contribution in [3.05, 3.63) is 81.0 Å². The molecule has 1 amide bonds. The number of halogens is 2. The van der Waals surface area contributed by atoms with Crippen molar-refractivity contribution in [2.45, 2.75) is 13.8 Å². The monoisotopic (exact) mass is 454 g/mol. The number of nitrogens with zero attached hydrogens (tertiary/aromatic N) is 2. The van der Waals surface area contributed by atoms with Crippen LogP contribution < -0.4 is 5.01 Å². The Labute approximate surface area is 176 Å². The van der Waals surface area contributed by atoms with Crippen LogP contribution in [-0.2, 0) is 4.79 Å². The van der Waals surface area contributed by atoms with Gasteiger partial charge in [-0.1, -0.05) is 39.7 Å². The predicted octanol–water partition coefficient (Wildman–Crippen LogP) is 6.48. The largest absolute Gasteiger partial charge is 0.457 e. The van der Waals surface area contributed by atoms with Crippen molar-refractivity contribution < 1.29 is 9.21 Å². The Hall–Kier alpha value is -2.63. The van der Waals surface area contributed by atoms with Crippen molar-refractivity contribution >= 4 is 50.9 Å². The molecular formula is C22H16BrClN2O2. The van der Waals surface area contributed by atoms with E-state index in [1.165, 1.54) is 5.01 Å². The van der Waals surface area contributed by atoms with Gasteiger partial charge in [-0.15, -0.1) is 0 Å². The van der Waals surface area contributed by atoms with E-state index in [4.69, 9.17) is 16.0 Å². The van der Waals surface area contributed by atoms with Gasteiger partial charge in [-0.05, 0) is 68.0 Å². The zero-order chi connectivity index (χ0) is 19.8. The maximum absolute atomic E-state index is 12.9. The van der Waals surface area contributed by atoms with E-state index < -0.39 is 0 Å². The minimum absolute atomic E-state index is 0.184. The summed E-state index contributed by atoms with van der Waals surface area (Å²) in [7, 11) is 0. The van der Waals surface area contributed by atoms with Crippen molar-refractivity contribution in [2.75, 3.05) is 5.01 Å². The van der Waals surface area contributed by atoms with E-state index in [2.05, 4.69) is 21.0 Å². The molecule has 2 aromatic carbocycles. The standard InChI is InChI=1S/C22H16BrClN2O2/c1-13-18(4-3-5-20(13)24)21-11-10-17(28-21)12-19-14(2)25-26(22(19)27)16-8-6-15(23)7-9-16/h3-12H,1-2H3. The summed E-state index contributed by atoms with van der Waals surface area (Å²) in [4.78, 5) is 12.9. The number of benzene rings is 2. The highest BCUT2D eigenvalue weighted by molar-refractivity contribution is 9.10. The number of amides is 1. The van der Waals surface area contributed by atoms with Crippen LogP contribution in [-0.4, -0.2) is 11.6 Å². The Bertz CT molecular complexity index is 1130. The second-order valence-electron chi connectivity index (χ2n) is 6.45. The Balaban J connectivity index is 1.64. The van der Waals surface area contributed by atoms with Crippen LogP contribution in [0.3, 0.4) is 0 Å². The highest BCUT2D eigenvalue weighted by Crippen LogP contribution is 2.31. The second kappa shape index (κ2) is 7.41. The molecule has 0 bridgehead atoms. The molecule has 0 atom stereocenters. The van der Waals surface area contributed by atoms with Gasteiger partial charge in [-0.2, -0.15) is 10.1 Å². The molecule has 140 valence electrons. The first-order valence-electron chi connectivity index (χ1n) is 8.66. The van der Waals surface area contributed by atoms with E-state index in [0.29, 0.717) is 33.5 Å². The number of furan rings is 1. The fourth-order valence-corrected chi connectivity index (χ4v) is 3.47. The molecule has 0 saturated carbocycles. The van der Waals surface area contributed by atoms with E-state index in [1.54, 1.807) is 6.08 Å². The second-order valence-corrected chi connectivity index (χ2v) is 7.77. The predicted molar refractivity (Wildman–Crippen MR) is 117 cm³/mol. The summed E-state index contributed by atoms with van der Waals surface area (Å²) < 4.78 is 6.90. The van der Waals surface area contributed by atoms with Gasteiger partial charge >= 0.3 is 0 Å². The molecule has 0 saturated heterocycles. The first-order valence-corrected chi connectivity index (χ1v) is 9.84. The highest BCUT2D eigenvalue weighted by atomic mass is 79.9. The zero-order valence-electron chi connectivity index (χ0n) is 15.2. The molecule has 0 fully saturated rings. The smallest absolute Gasteiger partial charge is 0.280 e. The van der Waals surface area contributed by atoms with Crippen molar-refractivity contribution in [3.8, 4) is 11.3 Å².